The van der Waals surface area contributed by atoms with Crippen molar-refractivity contribution in [1.29, 1.82) is 0 Å². The molecule has 7 nitrogen and oxygen atoms in total. The summed E-state index contributed by atoms with van der Waals surface area (Å²) in [7, 11) is 1.49. The SMILES string of the molecule is CCOc1cc(C=NNC(=O)Cc2ccc(C)cc2)ccc1OC(=O)c1ccccc1OC. The van der Waals surface area contributed by atoms with Crippen LogP contribution in [0.15, 0.2) is 71.8 Å². The van der Waals surface area contributed by atoms with Gasteiger partial charge in [0.1, 0.15) is 11.3 Å². The first kappa shape index (κ1) is 23.5. The van der Waals surface area contributed by atoms with Crippen molar-refractivity contribution in [2.24, 2.45) is 5.10 Å². The Morgan fingerprint density at radius 2 is 1.73 bits per heavy atom. The highest BCUT2D eigenvalue weighted by atomic mass is 16.6. The number of hydrogen-bond acceptors (Lipinski definition) is 6. The average molecular weight is 447 g/mol. The molecule has 0 unspecified atom stereocenters. The number of methoxy groups -OCH3 is 1. The zero-order valence-corrected chi connectivity index (χ0v) is 18.8. The average Bonchev–Trinajstić information content (AvgIpc) is 2.82. The molecule has 0 saturated heterocycles. The summed E-state index contributed by atoms with van der Waals surface area (Å²) in [5.74, 6) is 0.301. The zero-order chi connectivity index (χ0) is 23.6. The molecule has 1 amide bonds. The normalized spacial score (nSPS) is 10.6. The van der Waals surface area contributed by atoms with E-state index in [0.717, 1.165) is 11.1 Å². The van der Waals surface area contributed by atoms with Crippen LogP contribution in [0.2, 0.25) is 0 Å². The van der Waals surface area contributed by atoms with Crippen LogP contribution in [0.3, 0.4) is 0 Å². The van der Waals surface area contributed by atoms with Crippen molar-refractivity contribution in [1.82, 2.24) is 5.43 Å². The lowest BCUT2D eigenvalue weighted by Crippen LogP contribution is -2.19. The van der Waals surface area contributed by atoms with Crippen LogP contribution in [0.4, 0.5) is 0 Å². The van der Waals surface area contributed by atoms with Crippen LogP contribution in [-0.4, -0.2) is 31.8 Å². The molecule has 33 heavy (non-hydrogen) atoms. The van der Waals surface area contributed by atoms with Gasteiger partial charge < -0.3 is 14.2 Å². The van der Waals surface area contributed by atoms with Gasteiger partial charge in [-0.05, 0) is 55.3 Å². The van der Waals surface area contributed by atoms with Crippen LogP contribution in [0.25, 0.3) is 0 Å². The fourth-order valence-corrected chi connectivity index (χ4v) is 3.04. The summed E-state index contributed by atoms with van der Waals surface area (Å²) >= 11 is 0. The molecule has 1 N–H and O–H groups in total. The lowest BCUT2D eigenvalue weighted by molar-refractivity contribution is -0.120. The molecule has 0 bridgehead atoms. The van der Waals surface area contributed by atoms with Gasteiger partial charge in [0.2, 0.25) is 5.91 Å². The molecule has 0 aromatic heterocycles. The van der Waals surface area contributed by atoms with Crippen LogP contribution >= 0.6 is 0 Å². The lowest BCUT2D eigenvalue weighted by Gasteiger charge is -2.12. The first-order chi connectivity index (χ1) is 16.0. The number of benzene rings is 3. The standard InChI is InChI=1S/C26H26N2O5/c1-4-32-24-15-20(17-27-28-25(29)16-19-11-9-18(2)10-12-19)13-14-23(24)33-26(30)21-7-5-6-8-22(21)31-3/h5-15,17H,4,16H2,1-3H3,(H,28,29). The molecule has 7 heteroatoms. The summed E-state index contributed by atoms with van der Waals surface area (Å²) in [4.78, 5) is 24.7. The summed E-state index contributed by atoms with van der Waals surface area (Å²) in [5, 5.41) is 4.01. The van der Waals surface area contributed by atoms with E-state index in [4.69, 9.17) is 14.2 Å². The van der Waals surface area contributed by atoms with Gasteiger partial charge in [-0.3, -0.25) is 4.79 Å². The summed E-state index contributed by atoms with van der Waals surface area (Å²) < 4.78 is 16.4. The summed E-state index contributed by atoms with van der Waals surface area (Å²) in [6.45, 7) is 4.21. The Labute approximate surface area is 193 Å². The van der Waals surface area contributed by atoms with Crippen LogP contribution < -0.4 is 19.6 Å². The molecule has 0 aliphatic carbocycles. The maximum absolute atomic E-state index is 12.6. The molecule has 170 valence electrons. The zero-order valence-electron chi connectivity index (χ0n) is 18.8. The number of carbonyl (C=O) groups is 2. The Bertz CT molecular complexity index is 1140. The number of aryl methyl sites for hydroxylation is 1. The van der Waals surface area contributed by atoms with Gasteiger partial charge in [-0.2, -0.15) is 5.10 Å². The maximum atomic E-state index is 12.6. The van der Waals surface area contributed by atoms with E-state index in [9.17, 15) is 9.59 Å². The topological polar surface area (TPSA) is 86.2 Å². The number of hydrogen-bond donors (Lipinski definition) is 1. The molecule has 3 aromatic carbocycles. The van der Waals surface area contributed by atoms with Gasteiger partial charge in [0, 0.05) is 0 Å². The minimum Gasteiger partial charge on any atom is -0.496 e. The highest BCUT2D eigenvalue weighted by Crippen LogP contribution is 2.30. The van der Waals surface area contributed by atoms with Crippen molar-refractivity contribution < 1.29 is 23.8 Å². The molecule has 0 radical (unpaired) electrons. The predicted molar refractivity (Wildman–Crippen MR) is 126 cm³/mol. The summed E-state index contributed by atoms with van der Waals surface area (Å²) in [6, 6.07) is 19.6. The Kier molecular flexibility index (Phi) is 8.18. The quantitative estimate of drug-likeness (QED) is 0.229. The number of esters is 1. The fraction of sp³-hybridized carbons (Fsp3) is 0.192. The first-order valence-corrected chi connectivity index (χ1v) is 10.5. The van der Waals surface area contributed by atoms with Crippen LogP contribution in [0.1, 0.15) is 34.0 Å². The van der Waals surface area contributed by atoms with Gasteiger partial charge in [0.05, 0.1) is 26.4 Å². The molecular formula is C26H26N2O5. The Hall–Kier alpha value is -4.13. The number of nitrogens with zero attached hydrogens (tertiary/aromatic N) is 1. The third-order valence-electron chi connectivity index (χ3n) is 4.69. The molecule has 3 rings (SSSR count). The van der Waals surface area contributed by atoms with Gasteiger partial charge in [-0.1, -0.05) is 42.0 Å². The second-order valence-corrected chi connectivity index (χ2v) is 7.18. The number of rotatable bonds is 9. The molecule has 0 fully saturated rings. The van der Waals surface area contributed by atoms with Gasteiger partial charge in [-0.15, -0.1) is 0 Å². The number of ether oxygens (including phenoxy) is 3. The molecule has 3 aromatic rings. The molecular weight excluding hydrogens is 420 g/mol. The Morgan fingerprint density at radius 1 is 0.970 bits per heavy atom. The highest BCUT2D eigenvalue weighted by molar-refractivity contribution is 5.94. The van der Waals surface area contributed by atoms with Crippen molar-refractivity contribution >= 4 is 18.1 Å². The summed E-state index contributed by atoms with van der Waals surface area (Å²) in [5.41, 5.74) is 5.55. The summed E-state index contributed by atoms with van der Waals surface area (Å²) in [6.07, 6.45) is 1.74. The van der Waals surface area contributed by atoms with E-state index in [1.807, 2.05) is 38.1 Å². The molecule has 0 saturated carbocycles. The van der Waals surface area contributed by atoms with E-state index >= 15 is 0 Å². The molecule has 0 aliphatic rings. The maximum Gasteiger partial charge on any atom is 0.347 e. The first-order valence-electron chi connectivity index (χ1n) is 10.5. The van der Waals surface area contributed by atoms with E-state index in [-0.39, 0.29) is 18.1 Å². The van der Waals surface area contributed by atoms with Crippen molar-refractivity contribution in [2.75, 3.05) is 13.7 Å². The van der Waals surface area contributed by atoms with Crippen molar-refractivity contribution in [3.63, 3.8) is 0 Å². The van der Waals surface area contributed by atoms with Crippen LogP contribution in [0, 0.1) is 6.92 Å². The van der Waals surface area contributed by atoms with E-state index in [1.165, 1.54) is 13.3 Å². The minimum absolute atomic E-state index is 0.220. The third kappa shape index (κ3) is 6.67. The van der Waals surface area contributed by atoms with Crippen LogP contribution in [-0.2, 0) is 11.2 Å². The number of nitrogens with one attached hydrogen (secondary N) is 1. The van der Waals surface area contributed by atoms with Crippen molar-refractivity contribution in [3.05, 3.63) is 89.0 Å². The minimum atomic E-state index is -0.557. The fourth-order valence-electron chi connectivity index (χ4n) is 3.04. The van der Waals surface area contributed by atoms with Gasteiger partial charge in [0.15, 0.2) is 11.5 Å². The molecule has 0 atom stereocenters. The van der Waals surface area contributed by atoms with Crippen molar-refractivity contribution in [3.8, 4) is 17.2 Å². The number of para-hydroxylation sites is 1. The van der Waals surface area contributed by atoms with E-state index in [1.54, 1.807) is 42.5 Å². The largest absolute Gasteiger partial charge is 0.496 e. The lowest BCUT2D eigenvalue weighted by atomic mass is 10.1. The van der Waals surface area contributed by atoms with Crippen molar-refractivity contribution in [2.45, 2.75) is 20.3 Å². The second-order valence-electron chi connectivity index (χ2n) is 7.18. The highest BCUT2D eigenvalue weighted by Gasteiger charge is 2.16. The second kappa shape index (κ2) is 11.5. The monoisotopic (exact) mass is 446 g/mol. The van der Waals surface area contributed by atoms with Gasteiger partial charge in [0.25, 0.3) is 0 Å². The molecule has 0 spiro atoms. The Balaban J connectivity index is 1.66. The van der Waals surface area contributed by atoms with E-state index in [0.29, 0.717) is 29.2 Å². The Morgan fingerprint density at radius 3 is 2.45 bits per heavy atom. The van der Waals surface area contributed by atoms with E-state index in [2.05, 4.69) is 10.5 Å². The van der Waals surface area contributed by atoms with E-state index < -0.39 is 5.97 Å². The third-order valence-corrected chi connectivity index (χ3v) is 4.69. The number of amides is 1. The molecule has 0 heterocycles. The smallest absolute Gasteiger partial charge is 0.347 e. The number of carbonyl (C=O) groups excluding carboxylic acids is 2. The molecule has 0 aliphatic heterocycles. The van der Waals surface area contributed by atoms with Gasteiger partial charge >= 0.3 is 5.97 Å². The number of hydrazone groups is 1. The predicted octanol–water partition coefficient (Wildman–Crippen LogP) is 4.31. The van der Waals surface area contributed by atoms with Gasteiger partial charge in [-0.25, -0.2) is 10.2 Å². The van der Waals surface area contributed by atoms with Crippen LogP contribution in [0.5, 0.6) is 17.2 Å².